The highest BCUT2D eigenvalue weighted by molar-refractivity contribution is 7.91. The summed E-state index contributed by atoms with van der Waals surface area (Å²) in [5.41, 5.74) is 0. The van der Waals surface area contributed by atoms with E-state index in [1.165, 1.54) is 0 Å². The number of piperidine rings is 1. The van der Waals surface area contributed by atoms with Gasteiger partial charge in [0.2, 0.25) is 0 Å². The molecule has 102 valence electrons. The molecular formula is C11H20N3O3S+. The molecule has 3 aliphatic rings. The summed E-state index contributed by atoms with van der Waals surface area (Å²) in [7, 11) is -0.972. The van der Waals surface area contributed by atoms with E-state index < -0.39 is 9.84 Å². The van der Waals surface area contributed by atoms with Crippen molar-refractivity contribution in [2.24, 2.45) is 0 Å². The van der Waals surface area contributed by atoms with Crippen LogP contribution < -0.4 is 5.32 Å². The zero-order chi connectivity index (χ0) is 13.0. The molecule has 2 amide bonds. The van der Waals surface area contributed by atoms with Gasteiger partial charge in [-0.25, -0.2) is 13.2 Å². The van der Waals surface area contributed by atoms with Crippen LogP contribution in [-0.2, 0) is 9.84 Å². The van der Waals surface area contributed by atoms with Crippen molar-refractivity contribution >= 4 is 15.9 Å². The van der Waals surface area contributed by atoms with Crippen LogP contribution in [0.4, 0.5) is 4.79 Å². The van der Waals surface area contributed by atoms with Gasteiger partial charge in [0.1, 0.15) is 12.6 Å². The Morgan fingerprint density at radius 3 is 2.61 bits per heavy atom. The second-order valence-electron chi connectivity index (χ2n) is 5.87. The fourth-order valence-corrected chi connectivity index (χ4v) is 5.07. The molecule has 6 nitrogen and oxygen atoms in total. The molecule has 0 bridgehead atoms. The largest absolute Gasteiger partial charge is 0.327 e. The van der Waals surface area contributed by atoms with Crippen LogP contribution in [-0.4, -0.2) is 80.6 Å². The first-order valence-electron chi connectivity index (χ1n) is 6.50. The first-order chi connectivity index (χ1) is 8.41. The number of nitrogens with zero attached hydrogens (tertiary/aromatic N) is 2. The highest BCUT2D eigenvalue weighted by atomic mass is 32.2. The molecule has 3 aliphatic heterocycles. The Labute approximate surface area is 107 Å². The standard InChI is InChI=1S/C11H19N3O3S/c1-13-10-2-3-14(8-9(10)12-11(13)15)4-6-18(16,17)7-5-14/h9-10H,2-8H2,1H3/p+1/t9-,10+/m1/s1. The van der Waals surface area contributed by atoms with Gasteiger partial charge in [-0.3, -0.25) is 0 Å². The molecule has 0 unspecified atom stereocenters. The monoisotopic (exact) mass is 274 g/mol. The molecule has 18 heavy (non-hydrogen) atoms. The predicted molar refractivity (Wildman–Crippen MR) is 66.9 cm³/mol. The summed E-state index contributed by atoms with van der Waals surface area (Å²) >= 11 is 0. The first kappa shape index (κ1) is 12.2. The number of rotatable bonds is 0. The molecule has 1 spiro atoms. The van der Waals surface area contributed by atoms with Gasteiger partial charge >= 0.3 is 6.03 Å². The molecule has 0 saturated carbocycles. The number of quaternary nitrogens is 1. The van der Waals surface area contributed by atoms with Crippen LogP contribution in [0.5, 0.6) is 0 Å². The van der Waals surface area contributed by atoms with Gasteiger partial charge < -0.3 is 14.7 Å². The smallest absolute Gasteiger partial charge is 0.317 e. The average Bonchev–Trinajstić information content (AvgIpc) is 2.59. The molecule has 2 atom stereocenters. The summed E-state index contributed by atoms with van der Waals surface area (Å²) in [6.07, 6.45) is 0.972. The van der Waals surface area contributed by atoms with E-state index in [2.05, 4.69) is 5.32 Å². The molecule has 3 heterocycles. The molecule has 0 aromatic carbocycles. The van der Waals surface area contributed by atoms with E-state index in [0.717, 1.165) is 24.0 Å². The number of carbonyl (C=O) groups excluding carboxylic acids is 1. The molecule has 0 aliphatic carbocycles. The van der Waals surface area contributed by atoms with Crippen LogP contribution in [0.3, 0.4) is 0 Å². The van der Waals surface area contributed by atoms with Crippen molar-refractivity contribution in [3.8, 4) is 0 Å². The van der Waals surface area contributed by atoms with Crippen LogP contribution in [0, 0.1) is 0 Å². The Kier molecular flexibility index (Phi) is 2.60. The van der Waals surface area contributed by atoms with Crippen molar-refractivity contribution < 1.29 is 17.7 Å². The van der Waals surface area contributed by atoms with Gasteiger partial charge in [-0.15, -0.1) is 0 Å². The summed E-state index contributed by atoms with van der Waals surface area (Å²) in [6.45, 7) is 3.31. The molecule has 3 saturated heterocycles. The van der Waals surface area contributed by atoms with Gasteiger partial charge in [0.15, 0.2) is 9.84 Å². The van der Waals surface area contributed by atoms with Gasteiger partial charge in [-0.05, 0) is 0 Å². The molecule has 7 heteroatoms. The molecule has 3 fully saturated rings. The number of carbonyl (C=O) groups is 1. The number of urea groups is 1. The maximum Gasteiger partial charge on any atom is 0.317 e. The summed E-state index contributed by atoms with van der Waals surface area (Å²) in [4.78, 5) is 13.4. The number of hydrogen-bond donors (Lipinski definition) is 1. The van der Waals surface area contributed by atoms with Crippen LogP contribution >= 0.6 is 0 Å². The molecule has 0 radical (unpaired) electrons. The van der Waals surface area contributed by atoms with Crippen molar-refractivity contribution in [3.05, 3.63) is 0 Å². The SMILES string of the molecule is CN1C(=O)N[C@@H]2C[N+]3(CC[C@@H]21)CCS(=O)(=O)CC3. The topological polar surface area (TPSA) is 66.5 Å². The summed E-state index contributed by atoms with van der Waals surface area (Å²) < 4.78 is 23.9. The maximum absolute atomic E-state index is 11.6. The number of nitrogens with one attached hydrogen (secondary N) is 1. The third kappa shape index (κ3) is 1.89. The first-order valence-corrected chi connectivity index (χ1v) is 8.32. The Morgan fingerprint density at radius 2 is 1.94 bits per heavy atom. The summed E-state index contributed by atoms with van der Waals surface area (Å²) in [6, 6.07) is 0.492. The van der Waals surface area contributed by atoms with Crippen LogP contribution in [0.2, 0.25) is 0 Å². The van der Waals surface area contributed by atoms with Crippen molar-refractivity contribution in [1.29, 1.82) is 0 Å². The van der Waals surface area contributed by atoms with E-state index in [1.807, 2.05) is 7.05 Å². The van der Waals surface area contributed by atoms with Gasteiger partial charge in [0, 0.05) is 13.5 Å². The van der Waals surface area contributed by atoms with Gasteiger partial charge in [-0.2, -0.15) is 0 Å². The van der Waals surface area contributed by atoms with Crippen molar-refractivity contribution in [2.45, 2.75) is 18.5 Å². The summed E-state index contributed by atoms with van der Waals surface area (Å²) in [5, 5.41) is 3.02. The lowest BCUT2D eigenvalue weighted by atomic mass is 9.97. The lowest BCUT2D eigenvalue weighted by molar-refractivity contribution is -0.930. The fraction of sp³-hybridized carbons (Fsp3) is 0.909. The van der Waals surface area contributed by atoms with Crippen LogP contribution in [0.1, 0.15) is 6.42 Å². The second kappa shape index (κ2) is 3.84. The van der Waals surface area contributed by atoms with Gasteiger partial charge in [0.25, 0.3) is 0 Å². The van der Waals surface area contributed by atoms with Crippen LogP contribution in [0.25, 0.3) is 0 Å². The molecule has 0 aromatic heterocycles. The minimum absolute atomic E-state index is 0.00896. The van der Waals surface area contributed by atoms with Crippen molar-refractivity contribution in [3.63, 3.8) is 0 Å². The van der Waals surface area contributed by atoms with E-state index in [9.17, 15) is 13.2 Å². The third-order valence-corrected chi connectivity index (χ3v) is 6.44. The van der Waals surface area contributed by atoms with Crippen molar-refractivity contribution in [1.82, 2.24) is 10.2 Å². The Morgan fingerprint density at radius 1 is 1.28 bits per heavy atom. The Hall–Kier alpha value is -0.820. The normalized spacial score (nSPS) is 37.4. The maximum atomic E-state index is 11.6. The minimum atomic E-state index is -2.82. The number of sulfone groups is 1. The second-order valence-corrected chi connectivity index (χ2v) is 8.17. The minimum Gasteiger partial charge on any atom is -0.327 e. The van der Waals surface area contributed by atoms with E-state index in [4.69, 9.17) is 0 Å². The van der Waals surface area contributed by atoms with Gasteiger partial charge in [-0.1, -0.05) is 0 Å². The fourth-order valence-electron chi connectivity index (χ4n) is 3.54. The van der Waals surface area contributed by atoms with E-state index in [0.29, 0.717) is 30.6 Å². The van der Waals surface area contributed by atoms with E-state index in [1.54, 1.807) is 4.90 Å². The summed E-state index contributed by atoms with van der Waals surface area (Å²) in [5.74, 6) is 0.600. The number of likely N-dealkylation sites (N-methyl/N-ethyl adjacent to an activating group) is 1. The van der Waals surface area contributed by atoms with Gasteiger partial charge in [0.05, 0.1) is 37.2 Å². The Balaban J connectivity index is 1.73. The molecular weight excluding hydrogens is 254 g/mol. The third-order valence-electron chi connectivity index (χ3n) is 4.83. The van der Waals surface area contributed by atoms with Crippen molar-refractivity contribution in [2.75, 3.05) is 44.7 Å². The predicted octanol–water partition coefficient (Wildman–Crippen LogP) is -0.972. The highest BCUT2D eigenvalue weighted by Crippen LogP contribution is 2.28. The quantitative estimate of drug-likeness (QED) is 0.578. The van der Waals surface area contributed by atoms with Crippen LogP contribution in [0.15, 0.2) is 0 Å². The number of fused-ring (bicyclic) bond motifs is 1. The van der Waals surface area contributed by atoms with E-state index in [-0.39, 0.29) is 12.1 Å². The number of hydrogen-bond acceptors (Lipinski definition) is 3. The molecule has 1 N–H and O–H groups in total. The van der Waals surface area contributed by atoms with E-state index >= 15 is 0 Å². The number of amides is 2. The average molecular weight is 274 g/mol. The molecule has 3 rings (SSSR count). The zero-order valence-electron chi connectivity index (χ0n) is 10.6. The zero-order valence-corrected chi connectivity index (χ0v) is 11.4. The lowest BCUT2D eigenvalue weighted by Crippen LogP contribution is -2.66. The molecule has 0 aromatic rings. The highest BCUT2D eigenvalue weighted by Gasteiger charge is 2.49. The lowest BCUT2D eigenvalue weighted by Gasteiger charge is -2.47. The Bertz CT molecular complexity index is 462.